The van der Waals surface area contributed by atoms with Gasteiger partial charge in [-0.2, -0.15) is 0 Å². The van der Waals surface area contributed by atoms with E-state index in [0.29, 0.717) is 12.8 Å². The standard InChI is InChI=1S/C30H43N9O4/c31-25-14-13-21(18-36-25)27(41)39-24(17-20-10-5-2-6-11-20)29(43)37-22(12-7-15-35-30(33)34)28(42)38-23(26(32)40)16-19-8-3-1-4-9-19/h1,3-4,8-9,13-14,18,20,22-24H,2,5-7,10-12,15-17H2,(H2,31,36)(H2,32,40)(H,37,43)(H,38,42)(H,39,41)(H4,33,34,35)/t22-,23-,24-/m0/s1. The molecule has 1 aromatic carbocycles. The maximum atomic E-state index is 13.7. The molecular formula is C30H43N9O4. The maximum Gasteiger partial charge on any atom is 0.253 e. The summed E-state index contributed by atoms with van der Waals surface area (Å²) in [5, 5.41) is 8.32. The highest BCUT2D eigenvalue weighted by Crippen LogP contribution is 2.27. The summed E-state index contributed by atoms with van der Waals surface area (Å²) >= 11 is 0. The minimum absolute atomic E-state index is 0.0888. The van der Waals surface area contributed by atoms with Crippen molar-refractivity contribution in [3.8, 4) is 0 Å². The van der Waals surface area contributed by atoms with Gasteiger partial charge in [0.1, 0.15) is 23.9 Å². The fourth-order valence-electron chi connectivity index (χ4n) is 5.16. The van der Waals surface area contributed by atoms with E-state index in [9.17, 15) is 19.2 Å². The number of benzene rings is 1. The number of nitrogens with one attached hydrogen (secondary N) is 3. The molecule has 13 nitrogen and oxygen atoms in total. The highest BCUT2D eigenvalue weighted by Gasteiger charge is 2.31. The Morgan fingerprint density at radius 2 is 1.53 bits per heavy atom. The van der Waals surface area contributed by atoms with Crippen LogP contribution in [-0.4, -0.2) is 59.2 Å². The number of nitrogen functional groups attached to an aromatic ring is 1. The molecule has 3 rings (SSSR count). The topological polar surface area (TPSA) is 234 Å². The van der Waals surface area contributed by atoms with Crippen molar-refractivity contribution in [1.82, 2.24) is 20.9 Å². The third kappa shape index (κ3) is 11.3. The molecule has 1 fully saturated rings. The van der Waals surface area contributed by atoms with E-state index < -0.39 is 41.8 Å². The second kappa shape index (κ2) is 16.7. The van der Waals surface area contributed by atoms with Crippen LogP contribution in [0.15, 0.2) is 53.7 Å². The van der Waals surface area contributed by atoms with Gasteiger partial charge < -0.3 is 38.9 Å². The summed E-state index contributed by atoms with van der Waals surface area (Å²) in [5.41, 5.74) is 23.2. The van der Waals surface area contributed by atoms with Gasteiger partial charge in [0, 0.05) is 19.2 Å². The Hall–Kier alpha value is -4.68. The number of rotatable bonds is 15. The lowest BCUT2D eigenvalue weighted by Gasteiger charge is -2.28. The van der Waals surface area contributed by atoms with Crippen LogP contribution < -0.4 is 38.9 Å². The van der Waals surface area contributed by atoms with E-state index in [4.69, 9.17) is 22.9 Å². The van der Waals surface area contributed by atoms with E-state index in [-0.39, 0.29) is 42.6 Å². The van der Waals surface area contributed by atoms with Gasteiger partial charge in [-0.05, 0) is 42.9 Å². The minimum atomic E-state index is -1.04. The van der Waals surface area contributed by atoms with Gasteiger partial charge in [0.25, 0.3) is 5.91 Å². The lowest BCUT2D eigenvalue weighted by molar-refractivity contribution is -0.132. The molecule has 11 N–H and O–H groups in total. The molecule has 43 heavy (non-hydrogen) atoms. The van der Waals surface area contributed by atoms with Crippen molar-refractivity contribution in [3.05, 3.63) is 59.8 Å². The summed E-state index contributed by atoms with van der Waals surface area (Å²) in [6, 6.07) is 9.24. The van der Waals surface area contributed by atoms with Crippen molar-refractivity contribution in [2.45, 2.75) is 75.9 Å². The number of nitrogens with two attached hydrogens (primary N) is 4. The molecule has 1 aliphatic carbocycles. The second-order valence-electron chi connectivity index (χ2n) is 10.9. The fraction of sp³-hybridized carbons (Fsp3) is 0.467. The first-order valence-electron chi connectivity index (χ1n) is 14.6. The normalized spacial score (nSPS) is 15.3. The van der Waals surface area contributed by atoms with Crippen LogP contribution in [0.3, 0.4) is 0 Å². The zero-order chi connectivity index (χ0) is 31.2. The zero-order valence-electron chi connectivity index (χ0n) is 24.3. The highest BCUT2D eigenvalue weighted by molar-refractivity contribution is 5.98. The summed E-state index contributed by atoms with van der Waals surface area (Å²) < 4.78 is 0. The molecular weight excluding hydrogens is 550 g/mol. The van der Waals surface area contributed by atoms with Crippen LogP contribution in [0, 0.1) is 5.92 Å². The van der Waals surface area contributed by atoms with Crippen molar-refractivity contribution in [2.24, 2.45) is 28.1 Å². The van der Waals surface area contributed by atoms with Crippen LogP contribution in [0.25, 0.3) is 0 Å². The van der Waals surface area contributed by atoms with E-state index in [2.05, 4.69) is 25.9 Å². The molecule has 3 atom stereocenters. The summed E-state index contributed by atoms with van der Waals surface area (Å²) in [6.45, 7) is 0.234. The number of aliphatic imine (C=N–C) groups is 1. The number of hydrogen-bond donors (Lipinski definition) is 7. The minimum Gasteiger partial charge on any atom is -0.384 e. The Bertz CT molecular complexity index is 1240. The molecule has 232 valence electrons. The first-order valence-corrected chi connectivity index (χ1v) is 14.6. The lowest BCUT2D eigenvalue weighted by atomic mass is 9.84. The quantitative estimate of drug-likeness (QED) is 0.0869. The van der Waals surface area contributed by atoms with Crippen molar-refractivity contribution < 1.29 is 19.2 Å². The smallest absolute Gasteiger partial charge is 0.253 e. The van der Waals surface area contributed by atoms with Crippen molar-refractivity contribution in [2.75, 3.05) is 12.3 Å². The fourth-order valence-corrected chi connectivity index (χ4v) is 5.16. The third-order valence-electron chi connectivity index (χ3n) is 7.48. The predicted octanol–water partition coefficient (Wildman–Crippen LogP) is 0.484. The summed E-state index contributed by atoms with van der Waals surface area (Å²) in [7, 11) is 0. The number of hydrogen-bond acceptors (Lipinski definition) is 7. The second-order valence-corrected chi connectivity index (χ2v) is 10.9. The molecule has 1 aliphatic rings. The van der Waals surface area contributed by atoms with E-state index in [1.165, 1.54) is 18.3 Å². The van der Waals surface area contributed by atoms with Gasteiger partial charge in [0.05, 0.1) is 5.56 Å². The van der Waals surface area contributed by atoms with E-state index in [1.807, 2.05) is 30.3 Å². The molecule has 0 saturated heterocycles. The number of anilines is 1. The summed E-state index contributed by atoms with van der Waals surface area (Å²) in [6.07, 6.45) is 7.64. The Kier molecular flexibility index (Phi) is 12.7. The van der Waals surface area contributed by atoms with Crippen LogP contribution >= 0.6 is 0 Å². The van der Waals surface area contributed by atoms with Crippen molar-refractivity contribution >= 4 is 35.4 Å². The summed E-state index contributed by atoms with van der Waals surface area (Å²) in [5.74, 6) is -1.85. The highest BCUT2D eigenvalue weighted by atomic mass is 16.2. The van der Waals surface area contributed by atoms with Gasteiger partial charge in [-0.1, -0.05) is 62.4 Å². The molecule has 1 saturated carbocycles. The average molecular weight is 594 g/mol. The van der Waals surface area contributed by atoms with E-state index in [1.54, 1.807) is 0 Å². The van der Waals surface area contributed by atoms with Gasteiger partial charge in [-0.15, -0.1) is 0 Å². The molecule has 0 aliphatic heterocycles. The predicted molar refractivity (Wildman–Crippen MR) is 164 cm³/mol. The Labute approximate surface area is 251 Å². The maximum absolute atomic E-state index is 13.7. The molecule has 1 heterocycles. The van der Waals surface area contributed by atoms with Crippen LogP contribution in [0.2, 0.25) is 0 Å². The number of nitrogens with zero attached hydrogens (tertiary/aromatic N) is 2. The summed E-state index contributed by atoms with van der Waals surface area (Å²) in [4.78, 5) is 60.4. The number of pyridine rings is 1. The first-order chi connectivity index (χ1) is 20.6. The van der Waals surface area contributed by atoms with Gasteiger partial charge in [-0.25, -0.2) is 4.98 Å². The average Bonchev–Trinajstić information content (AvgIpc) is 2.99. The van der Waals surface area contributed by atoms with Gasteiger partial charge >= 0.3 is 0 Å². The van der Waals surface area contributed by atoms with Crippen LogP contribution in [0.4, 0.5) is 5.82 Å². The van der Waals surface area contributed by atoms with Crippen LogP contribution in [0.5, 0.6) is 0 Å². The molecule has 4 amide bonds. The number of carbonyl (C=O) groups is 4. The first kappa shape index (κ1) is 32.8. The van der Waals surface area contributed by atoms with Crippen LogP contribution in [0.1, 0.15) is 67.3 Å². The number of guanidine groups is 1. The number of carbonyl (C=O) groups excluding carboxylic acids is 4. The van der Waals surface area contributed by atoms with Crippen LogP contribution in [-0.2, 0) is 20.8 Å². The van der Waals surface area contributed by atoms with Gasteiger partial charge in [0.15, 0.2) is 5.96 Å². The molecule has 0 bridgehead atoms. The Morgan fingerprint density at radius 3 is 2.16 bits per heavy atom. The molecule has 0 spiro atoms. The number of amides is 4. The number of primary amides is 1. The largest absolute Gasteiger partial charge is 0.384 e. The Balaban J connectivity index is 1.77. The monoisotopic (exact) mass is 593 g/mol. The van der Waals surface area contributed by atoms with E-state index >= 15 is 0 Å². The Morgan fingerprint density at radius 1 is 0.860 bits per heavy atom. The van der Waals surface area contributed by atoms with Gasteiger partial charge in [0.2, 0.25) is 17.7 Å². The molecule has 1 aromatic heterocycles. The van der Waals surface area contributed by atoms with Gasteiger partial charge in [-0.3, -0.25) is 24.2 Å². The van der Waals surface area contributed by atoms with E-state index in [0.717, 1.165) is 37.7 Å². The lowest BCUT2D eigenvalue weighted by Crippen LogP contribution is -2.57. The molecule has 0 radical (unpaired) electrons. The molecule has 0 unspecified atom stereocenters. The van der Waals surface area contributed by atoms with Crippen molar-refractivity contribution in [3.63, 3.8) is 0 Å². The molecule has 2 aromatic rings. The van der Waals surface area contributed by atoms with Crippen molar-refractivity contribution in [1.29, 1.82) is 0 Å². The zero-order valence-corrected chi connectivity index (χ0v) is 24.3. The number of aromatic nitrogens is 1. The molecule has 13 heteroatoms. The third-order valence-corrected chi connectivity index (χ3v) is 7.48. The SMILES string of the molecule is NC(=O)[C@H](Cc1ccccc1)NC(=O)[C@H](CCCN=C(N)N)NC(=O)[C@H](CC1CCCCC1)NC(=O)c1ccc(N)nc1.